The van der Waals surface area contributed by atoms with Crippen LogP contribution >= 0.6 is 11.8 Å². The Hall–Kier alpha value is -1.27. The summed E-state index contributed by atoms with van der Waals surface area (Å²) < 4.78 is 5.29. The fourth-order valence-corrected chi connectivity index (χ4v) is 3.04. The molecule has 1 aliphatic rings. The van der Waals surface area contributed by atoms with Gasteiger partial charge < -0.3 is 19.3 Å². The molecule has 20 heavy (non-hydrogen) atoms. The fraction of sp³-hybridized carbons (Fsp3) is 0.571. The predicted octanol–water partition coefficient (Wildman–Crippen LogP) is 1.66. The van der Waals surface area contributed by atoms with Crippen molar-refractivity contribution in [2.45, 2.75) is 17.4 Å². The zero-order valence-electron chi connectivity index (χ0n) is 12.2. The van der Waals surface area contributed by atoms with E-state index >= 15 is 0 Å². The highest BCUT2D eigenvalue weighted by Crippen LogP contribution is 2.33. The van der Waals surface area contributed by atoms with Crippen molar-refractivity contribution < 1.29 is 9.53 Å². The molecule has 0 unspecified atom stereocenters. The van der Waals surface area contributed by atoms with Crippen LogP contribution in [0.3, 0.4) is 0 Å². The van der Waals surface area contributed by atoms with Crippen LogP contribution < -0.4 is 9.80 Å². The lowest BCUT2D eigenvalue weighted by Gasteiger charge is -2.39. The van der Waals surface area contributed by atoms with Crippen molar-refractivity contribution in [1.29, 1.82) is 0 Å². The van der Waals surface area contributed by atoms with Gasteiger partial charge in [0.2, 0.25) is 0 Å². The number of aromatic nitrogens is 1. The Labute approximate surface area is 124 Å². The van der Waals surface area contributed by atoms with Crippen LogP contribution in [0.2, 0.25) is 0 Å². The third kappa shape index (κ3) is 3.43. The number of carbonyl (C=O) groups is 1. The van der Waals surface area contributed by atoms with Crippen molar-refractivity contribution in [3.8, 4) is 0 Å². The number of anilines is 2. The molecular formula is C14H21N3O2S. The molecule has 2 rings (SSSR count). The molecule has 6 heteroatoms. The first kappa shape index (κ1) is 15.1. The first-order valence-corrected chi connectivity index (χ1v) is 7.65. The number of aldehydes is 1. The van der Waals surface area contributed by atoms with Crippen LogP contribution in [-0.4, -0.2) is 57.4 Å². The average molecular weight is 295 g/mol. The highest BCUT2D eigenvalue weighted by atomic mass is 32.2. The van der Waals surface area contributed by atoms with E-state index in [2.05, 4.69) is 16.0 Å². The Balaban J connectivity index is 2.11. The van der Waals surface area contributed by atoms with Crippen LogP contribution in [-0.2, 0) is 9.53 Å². The number of carbonyl (C=O) groups excluding carboxylic acids is 1. The number of ether oxygens (including phenoxy) is 1. The molecule has 2 heterocycles. The Morgan fingerprint density at radius 3 is 2.90 bits per heavy atom. The van der Waals surface area contributed by atoms with Crippen molar-refractivity contribution in [3.05, 3.63) is 12.3 Å². The van der Waals surface area contributed by atoms with E-state index in [9.17, 15) is 4.79 Å². The van der Waals surface area contributed by atoms with Crippen molar-refractivity contribution in [1.82, 2.24) is 4.98 Å². The van der Waals surface area contributed by atoms with Gasteiger partial charge >= 0.3 is 0 Å². The summed E-state index contributed by atoms with van der Waals surface area (Å²) in [6.45, 7) is 1.78. The molecule has 1 aromatic heterocycles. The number of hydrogen-bond donors (Lipinski definition) is 0. The summed E-state index contributed by atoms with van der Waals surface area (Å²) in [6, 6.07) is 2.11. The van der Waals surface area contributed by atoms with Gasteiger partial charge in [-0.2, -0.15) is 0 Å². The highest BCUT2D eigenvalue weighted by molar-refractivity contribution is 7.99. The third-order valence-electron chi connectivity index (χ3n) is 3.31. The number of nitrogens with zero attached hydrogens (tertiary/aromatic N) is 3. The molecule has 1 fully saturated rings. The van der Waals surface area contributed by atoms with E-state index in [-0.39, 0.29) is 0 Å². The summed E-state index contributed by atoms with van der Waals surface area (Å²) >= 11 is 1.70. The second kappa shape index (κ2) is 6.95. The molecule has 1 saturated heterocycles. The molecule has 0 radical (unpaired) electrons. The maximum Gasteiger partial charge on any atom is 0.129 e. The highest BCUT2D eigenvalue weighted by Gasteiger charge is 2.27. The Kier molecular flexibility index (Phi) is 5.25. The van der Waals surface area contributed by atoms with Crippen LogP contribution in [0.15, 0.2) is 17.2 Å². The standard InChI is InChI=1S/C14H21N3O2S/c1-16(2)12-8-15-14(17-9-11(10-17)19-3)7-13(12)20-6-4-5-18/h5,7-8,11H,4,6,9-10H2,1-3H3. The van der Waals surface area contributed by atoms with E-state index in [1.807, 2.05) is 25.2 Å². The van der Waals surface area contributed by atoms with E-state index in [0.29, 0.717) is 12.5 Å². The number of hydrogen-bond acceptors (Lipinski definition) is 6. The van der Waals surface area contributed by atoms with Crippen molar-refractivity contribution >= 4 is 29.6 Å². The summed E-state index contributed by atoms with van der Waals surface area (Å²) in [5.74, 6) is 1.78. The first-order chi connectivity index (χ1) is 9.65. The topological polar surface area (TPSA) is 45.7 Å². The van der Waals surface area contributed by atoms with Crippen molar-refractivity contribution in [2.24, 2.45) is 0 Å². The number of pyridine rings is 1. The van der Waals surface area contributed by atoms with E-state index in [1.54, 1.807) is 18.9 Å². The quantitative estimate of drug-likeness (QED) is 0.433. The smallest absolute Gasteiger partial charge is 0.129 e. The molecule has 110 valence electrons. The lowest BCUT2D eigenvalue weighted by atomic mass is 10.1. The van der Waals surface area contributed by atoms with Crippen LogP contribution in [0.4, 0.5) is 11.5 Å². The minimum Gasteiger partial charge on any atom is -0.378 e. The van der Waals surface area contributed by atoms with Gasteiger partial charge in [-0.1, -0.05) is 0 Å². The third-order valence-corrected chi connectivity index (χ3v) is 4.39. The van der Waals surface area contributed by atoms with Gasteiger partial charge in [-0.25, -0.2) is 4.98 Å². The van der Waals surface area contributed by atoms with Gasteiger partial charge in [0.15, 0.2) is 0 Å². The molecule has 0 aliphatic carbocycles. The lowest BCUT2D eigenvalue weighted by molar-refractivity contribution is -0.107. The van der Waals surface area contributed by atoms with E-state index in [1.165, 1.54) is 4.90 Å². The van der Waals surface area contributed by atoms with Gasteiger partial charge in [0, 0.05) is 51.4 Å². The molecule has 0 spiro atoms. The van der Waals surface area contributed by atoms with Gasteiger partial charge in [0.1, 0.15) is 12.1 Å². The van der Waals surface area contributed by atoms with E-state index in [0.717, 1.165) is 36.6 Å². The molecule has 5 nitrogen and oxygen atoms in total. The first-order valence-electron chi connectivity index (χ1n) is 6.67. The van der Waals surface area contributed by atoms with Crippen molar-refractivity contribution in [3.63, 3.8) is 0 Å². The number of thioether (sulfide) groups is 1. The van der Waals surface area contributed by atoms with E-state index in [4.69, 9.17) is 4.74 Å². The largest absolute Gasteiger partial charge is 0.378 e. The summed E-state index contributed by atoms with van der Waals surface area (Å²) in [7, 11) is 5.75. The minimum absolute atomic E-state index is 0.316. The van der Waals surface area contributed by atoms with Gasteiger partial charge in [-0.15, -0.1) is 11.8 Å². The summed E-state index contributed by atoms with van der Waals surface area (Å²) in [5, 5.41) is 0. The number of methoxy groups -OCH3 is 1. The zero-order valence-corrected chi connectivity index (χ0v) is 13.0. The maximum atomic E-state index is 10.5. The molecule has 0 atom stereocenters. The van der Waals surface area contributed by atoms with Crippen LogP contribution in [0.1, 0.15) is 6.42 Å². The second-order valence-corrected chi connectivity index (χ2v) is 6.11. The summed E-state index contributed by atoms with van der Waals surface area (Å²) in [6.07, 6.45) is 3.75. The molecule has 1 aromatic rings. The molecular weight excluding hydrogens is 274 g/mol. The monoisotopic (exact) mass is 295 g/mol. The Bertz CT molecular complexity index is 462. The maximum absolute atomic E-state index is 10.5. The molecule has 0 N–H and O–H groups in total. The predicted molar refractivity (Wildman–Crippen MR) is 83.0 cm³/mol. The van der Waals surface area contributed by atoms with Crippen LogP contribution in [0, 0.1) is 0 Å². The fourth-order valence-electron chi connectivity index (χ4n) is 2.04. The number of rotatable bonds is 7. The minimum atomic E-state index is 0.316. The SMILES string of the molecule is COC1CN(c2cc(SCCC=O)c(N(C)C)cn2)C1. The second-order valence-electron chi connectivity index (χ2n) is 4.97. The zero-order chi connectivity index (χ0) is 14.5. The van der Waals surface area contributed by atoms with Gasteiger partial charge in [-0.05, 0) is 6.07 Å². The van der Waals surface area contributed by atoms with Gasteiger partial charge in [0.05, 0.1) is 18.0 Å². The van der Waals surface area contributed by atoms with Crippen molar-refractivity contribution in [2.75, 3.05) is 49.8 Å². The van der Waals surface area contributed by atoms with E-state index < -0.39 is 0 Å². The molecule has 0 aromatic carbocycles. The Morgan fingerprint density at radius 1 is 1.55 bits per heavy atom. The van der Waals surface area contributed by atoms with Gasteiger partial charge in [0.25, 0.3) is 0 Å². The molecule has 0 saturated carbocycles. The molecule has 0 amide bonds. The normalized spacial score (nSPS) is 15.1. The molecule has 1 aliphatic heterocycles. The molecule has 0 bridgehead atoms. The lowest BCUT2D eigenvalue weighted by Crippen LogP contribution is -2.52. The summed E-state index contributed by atoms with van der Waals surface area (Å²) in [5.41, 5.74) is 1.09. The van der Waals surface area contributed by atoms with Crippen LogP contribution in [0.5, 0.6) is 0 Å². The van der Waals surface area contributed by atoms with Gasteiger partial charge in [-0.3, -0.25) is 0 Å². The average Bonchev–Trinajstić information content (AvgIpc) is 2.38. The van der Waals surface area contributed by atoms with Crippen LogP contribution in [0.25, 0.3) is 0 Å². The summed E-state index contributed by atoms with van der Waals surface area (Å²) in [4.78, 5) is 20.4. The Morgan fingerprint density at radius 2 is 2.30 bits per heavy atom.